The van der Waals surface area contributed by atoms with Gasteiger partial charge >= 0.3 is 0 Å². The molecule has 0 aliphatic heterocycles. The van der Waals surface area contributed by atoms with E-state index in [4.69, 9.17) is 52.1 Å². The van der Waals surface area contributed by atoms with Gasteiger partial charge in [0.15, 0.2) is 0 Å². The molecule has 0 atom stereocenters. The van der Waals surface area contributed by atoms with Crippen molar-refractivity contribution in [2.75, 3.05) is 132 Å². The molecule has 11 nitrogen and oxygen atoms in total. The van der Waals surface area contributed by atoms with Crippen molar-refractivity contribution >= 4 is 0 Å². The van der Waals surface area contributed by atoms with Crippen molar-refractivity contribution in [2.24, 2.45) is 0 Å². The Morgan fingerprint density at radius 3 is 0.796 bits per heavy atom. The number of ether oxygens (including phenoxy) is 11. The van der Waals surface area contributed by atoms with Crippen LogP contribution in [-0.2, 0) is 55.5 Å². The summed E-state index contributed by atoms with van der Waals surface area (Å²) in [4.78, 5) is 0. The molecule has 2 rings (SSSR count). The maximum Gasteiger partial charge on any atom is 0.122 e. The fraction of sp³-hybridized carbons (Fsp3) is 0.579. The summed E-state index contributed by atoms with van der Waals surface area (Å²) >= 11 is 0. The number of benzene rings is 2. The minimum Gasteiger partial charge on any atom is -0.491 e. The maximum atomic E-state index is 5.79. The topological polar surface area (TPSA) is 102 Å². The van der Waals surface area contributed by atoms with Crippen LogP contribution in [0.3, 0.4) is 0 Å². The SMILES string of the molecule is C=CCc1ccccc1OCCOCCOCCOCCOCCOCCOCCOCCOCCOCCOc1ccccc1CC=C. The highest BCUT2D eigenvalue weighted by Crippen LogP contribution is 2.19. The Bertz CT molecular complexity index is 970. The molecule has 0 saturated carbocycles. The molecule has 0 heterocycles. The molecule has 0 spiro atoms. The largest absolute Gasteiger partial charge is 0.491 e. The van der Waals surface area contributed by atoms with Crippen LogP contribution >= 0.6 is 0 Å². The van der Waals surface area contributed by atoms with Gasteiger partial charge in [-0.1, -0.05) is 48.6 Å². The van der Waals surface area contributed by atoms with Crippen LogP contribution in [0.4, 0.5) is 0 Å². The normalized spacial score (nSPS) is 11.1. The van der Waals surface area contributed by atoms with Crippen molar-refractivity contribution in [3.05, 3.63) is 85.0 Å². The highest BCUT2D eigenvalue weighted by atomic mass is 16.6. The Morgan fingerprint density at radius 1 is 0.327 bits per heavy atom. The van der Waals surface area contributed by atoms with Crippen LogP contribution in [0, 0.1) is 0 Å². The quantitative estimate of drug-likeness (QED) is 0.0732. The van der Waals surface area contributed by atoms with E-state index in [-0.39, 0.29) is 0 Å². The van der Waals surface area contributed by atoms with E-state index in [0.29, 0.717) is 132 Å². The standard InChI is InChI=1S/C38H58O11/c1-3-9-35-11-5-7-13-37(35)48-33-31-46-29-27-44-25-23-42-21-19-40-17-15-39-16-18-41-20-22-43-24-26-45-28-30-47-32-34-49-38-14-8-6-12-36(38)10-4-2/h3-8,11-14H,1-2,9-10,15-34H2. The lowest BCUT2D eigenvalue weighted by Crippen LogP contribution is -2.15. The van der Waals surface area contributed by atoms with E-state index < -0.39 is 0 Å². The first-order valence-electron chi connectivity index (χ1n) is 17.2. The fourth-order valence-electron chi connectivity index (χ4n) is 4.22. The molecule has 0 amide bonds. The maximum absolute atomic E-state index is 5.79. The van der Waals surface area contributed by atoms with Gasteiger partial charge in [0.1, 0.15) is 24.7 Å². The number of para-hydroxylation sites is 2. The highest BCUT2D eigenvalue weighted by molar-refractivity contribution is 5.35. The van der Waals surface area contributed by atoms with Crippen LogP contribution < -0.4 is 9.47 Å². The summed E-state index contributed by atoms with van der Waals surface area (Å²) in [7, 11) is 0. The van der Waals surface area contributed by atoms with Gasteiger partial charge < -0.3 is 52.1 Å². The van der Waals surface area contributed by atoms with Crippen molar-refractivity contribution in [1.82, 2.24) is 0 Å². The van der Waals surface area contributed by atoms with E-state index >= 15 is 0 Å². The minimum absolute atomic E-state index is 0.493. The average molecular weight is 691 g/mol. The zero-order chi connectivity index (χ0) is 34.7. The number of hydrogen-bond donors (Lipinski definition) is 0. The van der Waals surface area contributed by atoms with Crippen molar-refractivity contribution in [1.29, 1.82) is 0 Å². The number of rotatable bonds is 36. The molecule has 11 heteroatoms. The summed E-state index contributed by atoms with van der Waals surface area (Å²) in [6.45, 7) is 17.7. The Labute approximate surface area is 293 Å². The van der Waals surface area contributed by atoms with E-state index in [1.165, 1.54) is 0 Å². The first-order chi connectivity index (χ1) is 24.3. The van der Waals surface area contributed by atoms with Gasteiger partial charge in [-0.25, -0.2) is 0 Å². The van der Waals surface area contributed by atoms with Crippen LogP contribution in [0.1, 0.15) is 11.1 Å². The lowest BCUT2D eigenvalue weighted by atomic mass is 10.1. The van der Waals surface area contributed by atoms with E-state index in [9.17, 15) is 0 Å². The molecule has 0 fully saturated rings. The molecule has 0 aliphatic carbocycles. The molecular formula is C38H58O11. The van der Waals surface area contributed by atoms with Crippen LogP contribution in [-0.4, -0.2) is 132 Å². The summed E-state index contributed by atoms with van der Waals surface area (Å²) in [5.74, 6) is 1.74. The summed E-state index contributed by atoms with van der Waals surface area (Å²) in [5.41, 5.74) is 2.24. The zero-order valence-electron chi connectivity index (χ0n) is 29.2. The second-order valence-corrected chi connectivity index (χ2v) is 10.4. The van der Waals surface area contributed by atoms with Gasteiger partial charge in [0, 0.05) is 0 Å². The molecule has 0 radical (unpaired) electrons. The monoisotopic (exact) mass is 690 g/mol. The predicted molar refractivity (Wildman–Crippen MR) is 189 cm³/mol. The second-order valence-electron chi connectivity index (χ2n) is 10.4. The minimum atomic E-state index is 0.493. The van der Waals surface area contributed by atoms with E-state index in [0.717, 1.165) is 35.5 Å². The van der Waals surface area contributed by atoms with Crippen LogP contribution in [0.2, 0.25) is 0 Å². The summed E-state index contributed by atoms with van der Waals surface area (Å²) in [6.07, 6.45) is 5.30. The Kier molecular flexibility index (Phi) is 28.0. The molecule has 2 aromatic carbocycles. The number of allylic oxidation sites excluding steroid dienone is 2. The van der Waals surface area contributed by atoms with Crippen LogP contribution in [0.25, 0.3) is 0 Å². The summed E-state index contributed by atoms with van der Waals surface area (Å²) < 4.78 is 61.3. The van der Waals surface area contributed by atoms with Gasteiger partial charge in [-0.05, 0) is 36.1 Å². The van der Waals surface area contributed by atoms with Gasteiger partial charge in [-0.3, -0.25) is 0 Å². The van der Waals surface area contributed by atoms with Crippen molar-refractivity contribution in [2.45, 2.75) is 12.8 Å². The third kappa shape index (κ3) is 24.0. The van der Waals surface area contributed by atoms with E-state index in [1.807, 2.05) is 60.7 Å². The third-order valence-corrected chi connectivity index (χ3v) is 6.62. The second kappa shape index (κ2) is 32.4. The number of hydrogen-bond acceptors (Lipinski definition) is 11. The molecule has 0 aliphatic rings. The fourth-order valence-corrected chi connectivity index (χ4v) is 4.22. The van der Waals surface area contributed by atoms with Crippen LogP contribution in [0.5, 0.6) is 11.5 Å². The molecule has 0 bridgehead atoms. The highest BCUT2D eigenvalue weighted by Gasteiger charge is 2.02. The lowest BCUT2D eigenvalue weighted by Gasteiger charge is -2.11. The molecule has 49 heavy (non-hydrogen) atoms. The lowest BCUT2D eigenvalue weighted by molar-refractivity contribution is -0.0257. The van der Waals surface area contributed by atoms with Gasteiger partial charge in [0.2, 0.25) is 0 Å². The molecule has 0 saturated heterocycles. The van der Waals surface area contributed by atoms with Crippen LogP contribution in [0.15, 0.2) is 73.8 Å². The Hall–Kier alpha value is -2.84. The molecule has 276 valence electrons. The van der Waals surface area contributed by atoms with Crippen molar-refractivity contribution in [3.63, 3.8) is 0 Å². The molecule has 0 unspecified atom stereocenters. The van der Waals surface area contributed by atoms with Gasteiger partial charge in [0.25, 0.3) is 0 Å². The predicted octanol–water partition coefficient (Wildman–Crippen LogP) is 4.75. The van der Waals surface area contributed by atoms with Crippen molar-refractivity contribution < 1.29 is 52.1 Å². The molecule has 0 N–H and O–H groups in total. The molecular weight excluding hydrogens is 632 g/mol. The average Bonchev–Trinajstić information content (AvgIpc) is 3.12. The van der Waals surface area contributed by atoms with Gasteiger partial charge in [-0.15, -0.1) is 13.2 Å². The Balaban J connectivity index is 1.19. The summed E-state index contributed by atoms with van der Waals surface area (Å²) in [6, 6.07) is 15.9. The Morgan fingerprint density at radius 2 is 0.551 bits per heavy atom. The van der Waals surface area contributed by atoms with Gasteiger partial charge in [-0.2, -0.15) is 0 Å². The summed E-state index contributed by atoms with van der Waals surface area (Å²) in [5, 5.41) is 0. The molecule has 0 aromatic heterocycles. The first-order valence-corrected chi connectivity index (χ1v) is 17.2. The van der Waals surface area contributed by atoms with Gasteiger partial charge in [0.05, 0.1) is 119 Å². The first kappa shape index (κ1) is 42.3. The smallest absolute Gasteiger partial charge is 0.122 e. The van der Waals surface area contributed by atoms with E-state index in [2.05, 4.69) is 13.2 Å². The van der Waals surface area contributed by atoms with E-state index in [1.54, 1.807) is 0 Å². The molecule has 2 aromatic rings. The zero-order valence-corrected chi connectivity index (χ0v) is 29.2. The van der Waals surface area contributed by atoms with Crippen molar-refractivity contribution in [3.8, 4) is 11.5 Å². The third-order valence-electron chi connectivity index (χ3n) is 6.62.